The highest BCUT2D eigenvalue weighted by Crippen LogP contribution is 2.27. The highest BCUT2D eigenvalue weighted by molar-refractivity contribution is 7.76. The zero-order valence-electron chi connectivity index (χ0n) is 9.04. The number of carbonyl (C=O) groups is 1. The second-order valence-corrected chi connectivity index (χ2v) is 4.80. The molecule has 1 unspecified atom stereocenters. The maximum atomic E-state index is 10.1. The van der Waals surface area contributed by atoms with Crippen LogP contribution in [0.5, 0.6) is 0 Å². The van der Waals surface area contributed by atoms with Gasteiger partial charge in [-0.15, -0.1) is 0 Å². The van der Waals surface area contributed by atoms with Crippen molar-refractivity contribution >= 4 is 35.7 Å². The predicted molar refractivity (Wildman–Crippen MR) is 71.7 cm³/mol. The summed E-state index contributed by atoms with van der Waals surface area (Å²) < 4.78 is 10.1. The van der Waals surface area contributed by atoms with Gasteiger partial charge in [-0.2, -0.15) is 0 Å². The summed E-state index contributed by atoms with van der Waals surface area (Å²) in [6.07, 6.45) is 1.47. The largest absolute Gasteiger partial charge is 0.486 e. The van der Waals surface area contributed by atoms with Crippen LogP contribution in [0.2, 0.25) is 0 Å². The second-order valence-electron chi connectivity index (χ2n) is 2.96. The molecule has 0 aliphatic carbocycles. The summed E-state index contributed by atoms with van der Waals surface area (Å²) in [7, 11) is -1.80. The Labute approximate surface area is 105 Å². The molecular weight excluding hydrogens is 261 g/mol. The molecule has 0 saturated carbocycles. The third-order valence-corrected chi connectivity index (χ3v) is 2.32. The van der Waals surface area contributed by atoms with E-state index >= 15 is 0 Å². The number of rotatable bonds is 3. The number of primary amides is 1. The van der Waals surface area contributed by atoms with Gasteiger partial charge in [0.05, 0.1) is 11.4 Å². The van der Waals surface area contributed by atoms with Gasteiger partial charge in [0.25, 0.3) is 0 Å². The molecule has 6 N–H and O–H groups in total. The molecule has 0 bridgehead atoms. The number of para-hydroxylation sites is 2. The van der Waals surface area contributed by atoms with Gasteiger partial charge in [-0.05, 0) is 22.8 Å². The lowest BCUT2D eigenvalue weighted by molar-refractivity contribution is -0.117. The molecule has 0 heterocycles. The van der Waals surface area contributed by atoms with Gasteiger partial charge >= 0.3 is 7.15 Å². The van der Waals surface area contributed by atoms with Crippen molar-refractivity contribution < 1.29 is 9.36 Å². The molecule has 17 heavy (non-hydrogen) atoms. The Morgan fingerprint density at radius 2 is 1.76 bits per heavy atom. The SMILES string of the molecule is NC(=O)CC=C[P+](=O)Cl.Nc1ccccc1N. The summed E-state index contributed by atoms with van der Waals surface area (Å²) in [4.78, 5) is 10.0. The van der Waals surface area contributed by atoms with Crippen molar-refractivity contribution in [1.29, 1.82) is 0 Å². The van der Waals surface area contributed by atoms with Crippen molar-refractivity contribution in [3.8, 4) is 0 Å². The molecule has 1 atom stereocenters. The molecule has 92 valence electrons. The van der Waals surface area contributed by atoms with Crippen LogP contribution in [-0.2, 0) is 9.36 Å². The van der Waals surface area contributed by atoms with Gasteiger partial charge in [0, 0.05) is 6.42 Å². The van der Waals surface area contributed by atoms with Crippen LogP contribution in [0.3, 0.4) is 0 Å². The molecule has 0 saturated heterocycles. The number of nitrogens with two attached hydrogens (primary N) is 3. The topological polar surface area (TPSA) is 112 Å². The van der Waals surface area contributed by atoms with E-state index in [1.54, 1.807) is 12.1 Å². The molecule has 5 nitrogen and oxygen atoms in total. The number of hydrogen-bond acceptors (Lipinski definition) is 4. The van der Waals surface area contributed by atoms with Crippen molar-refractivity contribution in [1.82, 2.24) is 0 Å². The van der Waals surface area contributed by atoms with Crippen molar-refractivity contribution in [2.75, 3.05) is 11.5 Å². The van der Waals surface area contributed by atoms with E-state index in [2.05, 4.69) is 0 Å². The minimum Gasteiger partial charge on any atom is -0.397 e. The summed E-state index contributed by atoms with van der Waals surface area (Å²) in [5.74, 6) is 0.779. The Kier molecular flexibility index (Phi) is 7.76. The van der Waals surface area contributed by atoms with Gasteiger partial charge < -0.3 is 17.2 Å². The van der Waals surface area contributed by atoms with E-state index in [1.807, 2.05) is 12.1 Å². The second kappa shape index (κ2) is 8.56. The molecule has 1 rings (SSSR count). The average Bonchev–Trinajstić information content (AvgIpc) is 2.22. The first-order chi connectivity index (χ1) is 7.93. The third kappa shape index (κ3) is 9.35. The van der Waals surface area contributed by atoms with Gasteiger partial charge in [0.15, 0.2) is 5.82 Å². The Bertz CT molecular complexity index is 403. The van der Waals surface area contributed by atoms with Gasteiger partial charge in [-0.1, -0.05) is 12.1 Å². The van der Waals surface area contributed by atoms with Crippen molar-refractivity contribution in [2.24, 2.45) is 5.73 Å². The number of hydrogen-bond donors (Lipinski definition) is 3. The van der Waals surface area contributed by atoms with E-state index < -0.39 is 13.1 Å². The Morgan fingerprint density at radius 3 is 2.06 bits per heavy atom. The van der Waals surface area contributed by atoms with E-state index in [1.165, 1.54) is 11.9 Å². The summed E-state index contributed by atoms with van der Waals surface area (Å²) in [6.45, 7) is 0. The van der Waals surface area contributed by atoms with Crippen molar-refractivity contribution in [2.45, 2.75) is 6.42 Å². The molecule has 7 heteroatoms. The summed E-state index contributed by atoms with van der Waals surface area (Å²) >= 11 is 5.03. The highest BCUT2D eigenvalue weighted by Gasteiger charge is 2.01. The summed E-state index contributed by atoms with van der Waals surface area (Å²) in [6, 6.07) is 7.25. The number of nitrogen functional groups attached to an aromatic ring is 2. The Balaban J connectivity index is 0.000000302. The predicted octanol–water partition coefficient (Wildman–Crippen LogP) is 2.21. The van der Waals surface area contributed by atoms with Gasteiger partial charge in [-0.25, -0.2) is 0 Å². The number of halogens is 1. The van der Waals surface area contributed by atoms with Crippen LogP contribution in [0.25, 0.3) is 0 Å². The summed E-state index contributed by atoms with van der Waals surface area (Å²) in [5, 5.41) is 0. The zero-order chi connectivity index (χ0) is 13.3. The first kappa shape index (κ1) is 15.4. The molecule has 0 radical (unpaired) electrons. The van der Waals surface area contributed by atoms with Crippen LogP contribution >= 0.6 is 18.4 Å². The lowest BCUT2D eigenvalue weighted by Gasteiger charge is -1.94. The van der Waals surface area contributed by atoms with Crippen LogP contribution in [-0.4, -0.2) is 5.91 Å². The normalized spacial score (nSPS) is 10.5. The molecule has 0 aliphatic heterocycles. The van der Waals surface area contributed by atoms with Crippen molar-refractivity contribution in [3.05, 3.63) is 36.2 Å². The van der Waals surface area contributed by atoms with Crippen molar-refractivity contribution in [3.63, 3.8) is 0 Å². The van der Waals surface area contributed by atoms with Crippen LogP contribution in [0.15, 0.2) is 36.2 Å². The molecule has 0 aliphatic rings. The lowest BCUT2D eigenvalue weighted by Crippen LogP contribution is -2.07. The molecule has 0 fully saturated rings. The smallest absolute Gasteiger partial charge is 0.397 e. The highest BCUT2D eigenvalue weighted by atomic mass is 35.7. The number of benzene rings is 1. The van der Waals surface area contributed by atoms with Crippen LogP contribution in [0.1, 0.15) is 6.42 Å². The van der Waals surface area contributed by atoms with Gasteiger partial charge in [0.2, 0.25) is 17.1 Å². The number of amides is 1. The number of carbonyl (C=O) groups excluding carboxylic acids is 1. The fourth-order valence-corrected chi connectivity index (χ4v) is 1.27. The maximum Gasteiger partial charge on any atom is 0.486 e. The first-order valence-electron chi connectivity index (χ1n) is 4.60. The van der Waals surface area contributed by atoms with E-state index in [9.17, 15) is 9.36 Å². The van der Waals surface area contributed by atoms with Crippen LogP contribution < -0.4 is 17.2 Å². The van der Waals surface area contributed by atoms with Gasteiger partial charge in [-0.3, -0.25) is 4.79 Å². The van der Waals surface area contributed by atoms with Crippen LogP contribution in [0.4, 0.5) is 11.4 Å². The molecule has 0 aromatic heterocycles. The third-order valence-electron chi connectivity index (χ3n) is 1.54. The standard InChI is InChI=1S/C6H8N2.C4H5ClNO2P/c7-5-3-1-2-4-6(5)8;5-9(8)3-1-2-4(6)7/h1-4H,7-8H2;1,3H,2H2,(H-,6,7)/p+1. The molecule has 1 aromatic carbocycles. The quantitative estimate of drug-likeness (QED) is 0.579. The van der Waals surface area contributed by atoms with Gasteiger partial charge in [0.1, 0.15) is 0 Å². The van der Waals surface area contributed by atoms with E-state index in [4.69, 9.17) is 28.4 Å². The number of anilines is 2. The van der Waals surface area contributed by atoms with E-state index in [-0.39, 0.29) is 6.42 Å². The molecular formula is C10H14ClN3O2P+. The average molecular weight is 275 g/mol. The molecule has 1 aromatic rings. The fraction of sp³-hybridized carbons (Fsp3) is 0.100. The fourth-order valence-electron chi connectivity index (χ4n) is 0.763. The minimum absolute atomic E-state index is 0.0911. The molecule has 1 amide bonds. The lowest BCUT2D eigenvalue weighted by atomic mass is 10.3. The zero-order valence-corrected chi connectivity index (χ0v) is 10.7. The Hall–Kier alpha value is -1.58. The monoisotopic (exact) mass is 274 g/mol. The van der Waals surface area contributed by atoms with Crippen LogP contribution in [0, 0.1) is 0 Å². The minimum atomic E-state index is -1.80. The summed E-state index contributed by atoms with van der Waals surface area (Å²) in [5.41, 5.74) is 16.8. The maximum absolute atomic E-state index is 10.1. The van der Waals surface area contributed by atoms with E-state index in [0.29, 0.717) is 11.4 Å². The Morgan fingerprint density at radius 1 is 1.29 bits per heavy atom. The molecule has 0 spiro atoms. The first-order valence-corrected chi connectivity index (χ1v) is 6.84. The van der Waals surface area contributed by atoms with E-state index in [0.717, 1.165) is 0 Å².